The summed E-state index contributed by atoms with van der Waals surface area (Å²) in [6.45, 7) is 0. The first-order valence-electron chi connectivity index (χ1n) is 5.87. The van der Waals surface area contributed by atoms with E-state index in [1.54, 1.807) is 12.1 Å². The van der Waals surface area contributed by atoms with E-state index < -0.39 is 15.9 Å². The molecular weight excluding hydrogens is 345 g/mol. The Morgan fingerprint density at radius 1 is 1.35 bits per heavy atom. The van der Waals surface area contributed by atoms with E-state index in [0.717, 1.165) is 0 Å². The molecule has 0 saturated carbocycles. The molecule has 20 heavy (non-hydrogen) atoms. The molecular formula is C12H12Cl3NO3S. The van der Waals surface area contributed by atoms with Gasteiger partial charge < -0.3 is 4.90 Å². The summed E-state index contributed by atoms with van der Waals surface area (Å²) in [5, 5.41) is 0.733. The molecule has 1 heterocycles. The predicted octanol–water partition coefficient (Wildman–Crippen LogP) is 2.75. The van der Waals surface area contributed by atoms with E-state index in [9.17, 15) is 13.2 Å². The number of carbonyl (C=O) groups excluding carboxylic acids is 1. The van der Waals surface area contributed by atoms with Crippen LogP contribution in [-0.4, -0.2) is 37.8 Å². The second kappa shape index (κ2) is 6.10. The van der Waals surface area contributed by atoms with Gasteiger partial charge in [-0.25, -0.2) is 8.42 Å². The molecule has 1 aliphatic rings. The van der Waals surface area contributed by atoms with Gasteiger partial charge in [0, 0.05) is 5.02 Å². The van der Waals surface area contributed by atoms with Gasteiger partial charge in [0.1, 0.15) is 5.88 Å². The molecule has 2 rings (SSSR count). The largest absolute Gasteiger partial charge is 0.306 e. The zero-order valence-electron chi connectivity index (χ0n) is 10.4. The molecule has 0 aromatic heterocycles. The van der Waals surface area contributed by atoms with Gasteiger partial charge in [-0.05, 0) is 24.6 Å². The minimum absolute atomic E-state index is 0.0644. The fraction of sp³-hybridized carbons (Fsp3) is 0.417. The fourth-order valence-electron chi connectivity index (χ4n) is 2.25. The maximum atomic E-state index is 12.1. The molecule has 0 N–H and O–H groups in total. The Balaban J connectivity index is 2.40. The number of amides is 1. The summed E-state index contributed by atoms with van der Waals surface area (Å²) in [4.78, 5) is 13.4. The smallest absolute Gasteiger partial charge is 0.242 e. The van der Waals surface area contributed by atoms with Crippen molar-refractivity contribution in [2.45, 2.75) is 12.5 Å². The Morgan fingerprint density at radius 2 is 2.05 bits per heavy atom. The molecule has 0 spiro atoms. The summed E-state index contributed by atoms with van der Waals surface area (Å²) in [5.41, 5.74) is 0.434. The maximum Gasteiger partial charge on any atom is 0.242 e. The third-order valence-corrected chi connectivity index (χ3v) is 5.64. The topological polar surface area (TPSA) is 54.5 Å². The second-order valence-corrected chi connectivity index (χ2v) is 7.89. The molecule has 0 radical (unpaired) electrons. The van der Waals surface area contributed by atoms with Crippen LogP contribution >= 0.6 is 34.8 Å². The van der Waals surface area contributed by atoms with E-state index in [1.807, 2.05) is 0 Å². The average Bonchev–Trinajstić information content (AvgIpc) is 2.72. The van der Waals surface area contributed by atoms with Crippen LogP contribution in [0.15, 0.2) is 18.2 Å². The number of rotatable bonds is 3. The van der Waals surface area contributed by atoms with E-state index in [2.05, 4.69) is 0 Å². The lowest BCUT2D eigenvalue weighted by Crippen LogP contribution is -2.42. The molecule has 0 bridgehead atoms. The first-order valence-corrected chi connectivity index (χ1v) is 8.99. The van der Waals surface area contributed by atoms with E-state index in [1.165, 1.54) is 11.0 Å². The van der Waals surface area contributed by atoms with Gasteiger partial charge >= 0.3 is 0 Å². The summed E-state index contributed by atoms with van der Waals surface area (Å²) in [6.07, 6.45) is 0.379. The van der Waals surface area contributed by atoms with Crippen LogP contribution in [0.1, 0.15) is 6.42 Å². The van der Waals surface area contributed by atoms with Crippen molar-refractivity contribution in [3.63, 3.8) is 0 Å². The quantitative estimate of drug-likeness (QED) is 0.783. The molecule has 1 amide bonds. The van der Waals surface area contributed by atoms with Crippen molar-refractivity contribution in [1.29, 1.82) is 0 Å². The zero-order valence-corrected chi connectivity index (χ0v) is 13.4. The molecule has 1 saturated heterocycles. The summed E-state index contributed by atoms with van der Waals surface area (Å²) in [6, 6.07) is 4.27. The van der Waals surface area contributed by atoms with Crippen LogP contribution in [0, 0.1) is 0 Å². The van der Waals surface area contributed by atoms with Gasteiger partial charge in [0.05, 0.1) is 28.3 Å². The maximum absolute atomic E-state index is 12.1. The molecule has 1 aromatic carbocycles. The molecule has 0 unspecified atom stereocenters. The number of sulfone groups is 1. The van der Waals surface area contributed by atoms with Gasteiger partial charge in [-0.1, -0.05) is 23.2 Å². The van der Waals surface area contributed by atoms with Crippen molar-refractivity contribution in [2.24, 2.45) is 0 Å². The van der Waals surface area contributed by atoms with Gasteiger partial charge in [-0.2, -0.15) is 0 Å². The highest BCUT2D eigenvalue weighted by atomic mass is 35.5. The highest BCUT2D eigenvalue weighted by Crippen LogP contribution is 2.33. The molecule has 0 aliphatic carbocycles. The summed E-state index contributed by atoms with van der Waals surface area (Å²) < 4.78 is 23.2. The monoisotopic (exact) mass is 355 g/mol. The van der Waals surface area contributed by atoms with Gasteiger partial charge in [-0.15, -0.1) is 11.6 Å². The fourth-order valence-corrected chi connectivity index (χ4v) is 4.58. The van der Waals surface area contributed by atoms with Crippen molar-refractivity contribution in [1.82, 2.24) is 0 Å². The highest BCUT2D eigenvalue weighted by Gasteiger charge is 2.35. The molecule has 1 aromatic rings. The number of alkyl halides is 1. The Labute approximate surface area is 132 Å². The first kappa shape index (κ1) is 15.9. The van der Waals surface area contributed by atoms with E-state index in [-0.39, 0.29) is 23.3 Å². The van der Waals surface area contributed by atoms with E-state index in [4.69, 9.17) is 34.8 Å². The Morgan fingerprint density at radius 3 is 2.55 bits per heavy atom. The molecule has 1 aliphatic heterocycles. The van der Waals surface area contributed by atoms with Crippen LogP contribution in [0.4, 0.5) is 5.69 Å². The third kappa shape index (κ3) is 3.39. The number of benzene rings is 1. The number of carbonyl (C=O) groups is 1. The molecule has 110 valence electrons. The first-order chi connectivity index (χ1) is 9.34. The SMILES string of the molecule is O=C(CCl)N(c1ccc(Cl)cc1Cl)[C@H]1CCS(=O)(=O)C1. The zero-order chi connectivity index (χ0) is 14.9. The van der Waals surface area contributed by atoms with Crippen molar-refractivity contribution in [3.8, 4) is 0 Å². The van der Waals surface area contributed by atoms with Crippen molar-refractivity contribution >= 4 is 56.2 Å². The van der Waals surface area contributed by atoms with Crippen molar-refractivity contribution in [3.05, 3.63) is 28.2 Å². The number of hydrogen-bond acceptors (Lipinski definition) is 3. The Bertz CT molecular complexity index is 633. The third-order valence-electron chi connectivity index (χ3n) is 3.13. The van der Waals surface area contributed by atoms with E-state index >= 15 is 0 Å². The van der Waals surface area contributed by atoms with Crippen molar-refractivity contribution in [2.75, 3.05) is 22.3 Å². The number of hydrogen-bond donors (Lipinski definition) is 0. The van der Waals surface area contributed by atoms with Crippen LogP contribution in [0.25, 0.3) is 0 Å². The lowest BCUT2D eigenvalue weighted by Gasteiger charge is -2.28. The van der Waals surface area contributed by atoms with Gasteiger partial charge in [0.25, 0.3) is 0 Å². The normalized spacial score (nSPS) is 20.9. The highest BCUT2D eigenvalue weighted by molar-refractivity contribution is 7.91. The van der Waals surface area contributed by atoms with E-state index in [0.29, 0.717) is 22.2 Å². The van der Waals surface area contributed by atoms with Gasteiger partial charge in [0.15, 0.2) is 9.84 Å². The second-order valence-electron chi connectivity index (χ2n) is 4.55. The Kier molecular flexibility index (Phi) is 4.84. The van der Waals surface area contributed by atoms with Gasteiger partial charge in [0.2, 0.25) is 5.91 Å². The van der Waals surface area contributed by atoms with Crippen LogP contribution in [0.3, 0.4) is 0 Å². The minimum atomic E-state index is -3.12. The number of halogens is 3. The molecule has 4 nitrogen and oxygen atoms in total. The minimum Gasteiger partial charge on any atom is -0.306 e. The molecule has 1 fully saturated rings. The molecule has 1 atom stereocenters. The standard InChI is InChI=1S/C12H12Cl3NO3S/c13-6-12(17)16(9-3-4-20(18,19)7-9)11-2-1-8(14)5-10(11)15/h1-2,5,9H,3-4,6-7H2/t9-/m0/s1. The van der Waals surface area contributed by atoms with Crippen LogP contribution in [0.2, 0.25) is 10.0 Å². The predicted molar refractivity (Wildman–Crippen MR) is 81.7 cm³/mol. The summed E-state index contributed by atoms with van der Waals surface area (Å²) >= 11 is 17.6. The summed E-state index contributed by atoms with van der Waals surface area (Å²) in [5.74, 6) is -0.628. The lowest BCUT2D eigenvalue weighted by molar-refractivity contribution is -0.116. The average molecular weight is 357 g/mol. The molecule has 8 heteroatoms. The van der Waals surface area contributed by atoms with Crippen molar-refractivity contribution < 1.29 is 13.2 Å². The van der Waals surface area contributed by atoms with Crippen LogP contribution < -0.4 is 4.90 Å². The number of nitrogens with zero attached hydrogens (tertiary/aromatic N) is 1. The summed E-state index contributed by atoms with van der Waals surface area (Å²) in [7, 11) is -3.12. The van der Waals surface area contributed by atoms with Crippen LogP contribution in [-0.2, 0) is 14.6 Å². The number of anilines is 1. The van der Waals surface area contributed by atoms with Crippen LogP contribution in [0.5, 0.6) is 0 Å². The van der Waals surface area contributed by atoms with Gasteiger partial charge in [-0.3, -0.25) is 4.79 Å². The Hall–Kier alpha value is -0.490. The lowest BCUT2D eigenvalue weighted by atomic mass is 10.2.